The van der Waals surface area contributed by atoms with Crippen LogP contribution in [0.5, 0.6) is 0 Å². The van der Waals surface area contributed by atoms with E-state index in [1.807, 2.05) is 14.1 Å². The Kier molecular flexibility index (Phi) is 14.9. The van der Waals surface area contributed by atoms with Crippen LogP contribution in [-0.2, 0) is 9.47 Å². The van der Waals surface area contributed by atoms with Crippen molar-refractivity contribution in [3.63, 3.8) is 0 Å². The maximum atomic E-state index is 5.28. The van der Waals surface area contributed by atoms with Gasteiger partial charge in [-0.2, -0.15) is 0 Å². The minimum Gasteiger partial charge on any atom is -0.380 e. The maximum absolute atomic E-state index is 5.28. The molecule has 0 unspecified atom stereocenters. The SMILES string of the molecule is CN[C@@H]1COCC[C@@H]1C.CN[C@H]1COCC[C@H]1C.Cl.Cl. The minimum absolute atomic E-state index is 0. The lowest BCUT2D eigenvalue weighted by atomic mass is 9.98. The molecule has 4 nitrogen and oxygen atoms in total. The van der Waals surface area contributed by atoms with Gasteiger partial charge in [-0.1, -0.05) is 13.8 Å². The van der Waals surface area contributed by atoms with Gasteiger partial charge in [0.25, 0.3) is 0 Å². The van der Waals surface area contributed by atoms with Crippen LogP contribution < -0.4 is 10.6 Å². The lowest BCUT2D eigenvalue weighted by Crippen LogP contribution is -2.40. The highest BCUT2D eigenvalue weighted by Gasteiger charge is 2.19. The van der Waals surface area contributed by atoms with Crippen LogP contribution in [0.25, 0.3) is 0 Å². The third kappa shape index (κ3) is 8.01. The zero-order chi connectivity index (χ0) is 13.4. The van der Waals surface area contributed by atoms with Gasteiger partial charge in [0.05, 0.1) is 13.2 Å². The molecule has 0 aromatic carbocycles. The number of hydrogen-bond acceptors (Lipinski definition) is 4. The molecule has 2 aliphatic rings. The molecular formula is C14H32Cl2N2O2. The first kappa shape index (κ1) is 22.7. The van der Waals surface area contributed by atoms with Crippen LogP contribution in [0.15, 0.2) is 0 Å². The zero-order valence-electron chi connectivity index (χ0n) is 13.2. The third-order valence-corrected chi connectivity index (χ3v) is 4.15. The summed E-state index contributed by atoms with van der Waals surface area (Å²) in [6, 6.07) is 1.16. The Labute approximate surface area is 136 Å². The van der Waals surface area contributed by atoms with Crippen LogP contribution >= 0.6 is 24.8 Å². The van der Waals surface area contributed by atoms with Gasteiger partial charge in [-0.05, 0) is 38.8 Å². The van der Waals surface area contributed by atoms with E-state index in [4.69, 9.17) is 9.47 Å². The summed E-state index contributed by atoms with van der Waals surface area (Å²) in [7, 11) is 3.99. The van der Waals surface area contributed by atoms with E-state index >= 15 is 0 Å². The molecule has 20 heavy (non-hydrogen) atoms. The summed E-state index contributed by atoms with van der Waals surface area (Å²) in [6.07, 6.45) is 2.40. The predicted molar refractivity (Wildman–Crippen MR) is 89.4 cm³/mol. The molecular weight excluding hydrogens is 299 g/mol. The molecule has 0 aliphatic carbocycles. The normalized spacial score (nSPS) is 33.0. The van der Waals surface area contributed by atoms with Crippen molar-refractivity contribution >= 4 is 24.8 Å². The summed E-state index contributed by atoms with van der Waals surface area (Å²) in [5.41, 5.74) is 0. The minimum atomic E-state index is 0. The largest absolute Gasteiger partial charge is 0.380 e. The fraction of sp³-hybridized carbons (Fsp3) is 1.00. The Bertz CT molecular complexity index is 201. The van der Waals surface area contributed by atoms with E-state index in [0.29, 0.717) is 12.1 Å². The molecule has 6 heteroatoms. The molecule has 0 spiro atoms. The second-order valence-electron chi connectivity index (χ2n) is 5.47. The molecule has 0 saturated carbocycles. The fourth-order valence-electron chi connectivity index (χ4n) is 2.43. The number of hydrogen-bond donors (Lipinski definition) is 2. The number of likely N-dealkylation sites (N-methyl/N-ethyl adjacent to an activating group) is 2. The molecule has 0 amide bonds. The summed E-state index contributed by atoms with van der Waals surface area (Å²) in [5, 5.41) is 6.46. The molecule has 0 aromatic rings. The van der Waals surface area contributed by atoms with E-state index in [0.717, 1.165) is 38.3 Å². The van der Waals surface area contributed by atoms with Crippen molar-refractivity contribution in [1.29, 1.82) is 0 Å². The third-order valence-electron chi connectivity index (χ3n) is 4.15. The van der Waals surface area contributed by atoms with Crippen LogP contribution in [0.4, 0.5) is 0 Å². The average molecular weight is 331 g/mol. The molecule has 0 radical (unpaired) electrons. The molecule has 4 atom stereocenters. The van der Waals surface area contributed by atoms with Gasteiger partial charge in [0.1, 0.15) is 0 Å². The van der Waals surface area contributed by atoms with E-state index < -0.39 is 0 Å². The van der Waals surface area contributed by atoms with Gasteiger partial charge in [-0.25, -0.2) is 0 Å². The number of halogens is 2. The quantitative estimate of drug-likeness (QED) is 0.813. The first-order chi connectivity index (χ1) is 8.69. The van der Waals surface area contributed by atoms with E-state index in [2.05, 4.69) is 24.5 Å². The van der Waals surface area contributed by atoms with Crippen molar-refractivity contribution < 1.29 is 9.47 Å². The Balaban J connectivity index is 0. The Hall–Kier alpha value is 0.420. The Morgan fingerprint density at radius 1 is 0.750 bits per heavy atom. The second-order valence-corrected chi connectivity index (χ2v) is 5.47. The van der Waals surface area contributed by atoms with Gasteiger partial charge in [0.2, 0.25) is 0 Å². The predicted octanol–water partition coefficient (Wildman–Crippen LogP) is 2.11. The molecule has 2 rings (SSSR count). The average Bonchev–Trinajstić information content (AvgIpc) is 2.41. The van der Waals surface area contributed by atoms with Crippen molar-refractivity contribution in [2.75, 3.05) is 40.5 Å². The molecule has 2 aliphatic heterocycles. The van der Waals surface area contributed by atoms with Crippen molar-refractivity contribution in [2.24, 2.45) is 11.8 Å². The van der Waals surface area contributed by atoms with Crippen LogP contribution in [0.3, 0.4) is 0 Å². The summed E-state index contributed by atoms with van der Waals surface area (Å²) in [4.78, 5) is 0. The lowest BCUT2D eigenvalue weighted by Gasteiger charge is -2.28. The molecule has 2 N–H and O–H groups in total. The Morgan fingerprint density at radius 2 is 1.10 bits per heavy atom. The molecule has 0 bridgehead atoms. The monoisotopic (exact) mass is 330 g/mol. The Morgan fingerprint density at radius 3 is 1.30 bits per heavy atom. The number of nitrogens with one attached hydrogen (secondary N) is 2. The van der Waals surface area contributed by atoms with E-state index in [1.54, 1.807) is 0 Å². The second kappa shape index (κ2) is 13.1. The summed E-state index contributed by atoms with van der Waals surface area (Å²) >= 11 is 0. The zero-order valence-corrected chi connectivity index (χ0v) is 14.8. The van der Waals surface area contributed by atoms with Crippen molar-refractivity contribution in [3.8, 4) is 0 Å². The van der Waals surface area contributed by atoms with Crippen LogP contribution in [0.1, 0.15) is 26.7 Å². The van der Waals surface area contributed by atoms with E-state index in [-0.39, 0.29) is 24.8 Å². The van der Waals surface area contributed by atoms with Crippen molar-refractivity contribution in [3.05, 3.63) is 0 Å². The molecule has 124 valence electrons. The molecule has 2 heterocycles. The smallest absolute Gasteiger partial charge is 0.0622 e. The highest BCUT2D eigenvalue weighted by molar-refractivity contribution is 5.85. The van der Waals surface area contributed by atoms with E-state index in [1.165, 1.54) is 12.8 Å². The van der Waals surface area contributed by atoms with E-state index in [9.17, 15) is 0 Å². The standard InChI is InChI=1S/2C7H15NO.2ClH/c2*1-6-3-4-9-5-7(6)8-2;;/h2*6-8H,3-5H2,1-2H3;2*1H/t2*6-,7+;;/m10../s1. The maximum Gasteiger partial charge on any atom is 0.0622 e. The van der Waals surface area contributed by atoms with Crippen LogP contribution in [0.2, 0.25) is 0 Å². The summed E-state index contributed by atoms with van der Waals surface area (Å²) < 4.78 is 10.6. The molecule has 2 saturated heterocycles. The topological polar surface area (TPSA) is 42.5 Å². The van der Waals surface area contributed by atoms with Crippen molar-refractivity contribution in [2.45, 2.75) is 38.8 Å². The first-order valence-corrected chi connectivity index (χ1v) is 7.19. The van der Waals surface area contributed by atoms with Crippen molar-refractivity contribution in [1.82, 2.24) is 10.6 Å². The van der Waals surface area contributed by atoms with Gasteiger partial charge in [0.15, 0.2) is 0 Å². The van der Waals surface area contributed by atoms with Gasteiger partial charge in [0, 0.05) is 25.3 Å². The molecule has 2 fully saturated rings. The van der Waals surface area contributed by atoms with Gasteiger partial charge < -0.3 is 20.1 Å². The van der Waals surface area contributed by atoms with Gasteiger partial charge >= 0.3 is 0 Å². The highest BCUT2D eigenvalue weighted by Crippen LogP contribution is 2.13. The van der Waals surface area contributed by atoms with Crippen LogP contribution in [-0.4, -0.2) is 52.6 Å². The number of ether oxygens (including phenoxy) is 2. The fourth-order valence-corrected chi connectivity index (χ4v) is 2.43. The highest BCUT2D eigenvalue weighted by atomic mass is 35.5. The van der Waals surface area contributed by atoms with Gasteiger partial charge in [-0.15, -0.1) is 24.8 Å². The summed E-state index contributed by atoms with van der Waals surface area (Å²) in [6.45, 7) is 8.20. The summed E-state index contributed by atoms with van der Waals surface area (Å²) in [5.74, 6) is 1.56. The van der Waals surface area contributed by atoms with Crippen LogP contribution in [0, 0.1) is 11.8 Å². The lowest BCUT2D eigenvalue weighted by molar-refractivity contribution is 0.0442. The molecule has 0 aromatic heterocycles. The number of rotatable bonds is 2. The van der Waals surface area contributed by atoms with Gasteiger partial charge in [-0.3, -0.25) is 0 Å². The first-order valence-electron chi connectivity index (χ1n) is 7.19.